The van der Waals surface area contributed by atoms with Crippen LogP contribution in [0, 0.1) is 0 Å². The average Bonchev–Trinajstić information content (AvgIpc) is 3.18. The molecule has 31 heavy (non-hydrogen) atoms. The molecule has 2 heterocycles. The first-order valence-electron chi connectivity index (χ1n) is 10.4. The molecule has 1 saturated heterocycles. The number of rotatable bonds is 8. The SMILES string of the molecule is COc1ccccc1OC[C@@H](C)N1C[C@H](COC2CNC(O)c3ccccc32)OC1=O. The minimum Gasteiger partial charge on any atom is -0.493 e. The minimum atomic E-state index is -0.695. The van der Waals surface area contributed by atoms with Crippen LogP contribution in [0.15, 0.2) is 48.5 Å². The standard InChI is InChI=1S/C23H28N2O6/c1-15(13-29-20-10-6-5-9-19(20)28-2)25-12-16(31-23(25)27)14-30-21-11-24-22(26)18-8-4-3-7-17(18)21/h3-10,15-16,21-22,24,26H,11-14H2,1-2H3/t15-,16-,21?,22?/m1/s1. The maximum Gasteiger partial charge on any atom is 0.410 e. The number of carbonyl (C=O) groups excluding carboxylic acids is 1. The number of aliphatic hydroxyl groups excluding tert-OH is 1. The van der Waals surface area contributed by atoms with E-state index in [0.29, 0.717) is 31.2 Å². The van der Waals surface area contributed by atoms with Crippen molar-refractivity contribution in [3.05, 3.63) is 59.7 Å². The summed E-state index contributed by atoms with van der Waals surface area (Å²) in [6, 6.07) is 14.9. The van der Waals surface area contributed by atoms with E-state index < -0.39 is 6.23 Å². The molecule has 8 heteroatoms. The highest BCUT2D eigenvalue weighted by molar-refractivity contribution is 5.70. The van der Waals surface area contributed by atoms with Crippen LogP contribution < -0.4 is 14.8 Å². The van der Waals surface area contributed by atoms with Gasteiger partial charge < -0.3 is 24.1 Å². The van der Waals surface area contributed by atoms with E-state index >= 15 is 0 Å². The van der Waals surface area contributed by atoms with E-state index in [4.69, 9.17) is 18.9 Å². The van der Waals surface area contributed by atoms with Gasteiger partial charge in [0.15, 0.2) is 11.5 Å². The molecule has 2 N–H and O–H groups in total. The van der Waals surface area contributed by atoms with Crippen LogP contribution in [-0.2, 0) is 9.47 Å². The molecular formula is C23H28N2O6. The van der Waals surface area contributed by atoms with Crippen LogP contribution >= 0.6 is 0 Å². The van der Waals surface area contributed by atoms with Gasteiger partial charge >= 0.3 is 6.09 Å². The van der Waals surface area contributed by atoms with Gasteiger partial charge in [-0.1, -0.05) is 36.4 Å². The minimum absolute atomic E-state index is 0.172. The van der Waals surface area contributed by atoms with Gasteiger partial charge in [-0.2, -0.15) is 0 Å². The fourth-order valence-electron chi connectivity index (χ4n) is 3.89. The summed E-state index contributed by atoms with van der Waals surface area (Å²) in [5.41, 5.74) is 1.76. The Balaban J connectivity index is 1.30. The van der Waals surface area contributed by atoms with E-state index in [0.717, 1.165) is 11.1 Å². The molecule has 1 amide bonds. The molecule has 0 aromatic heterocycles. The van der Waals surface area contributed by atoms with Gasteiger partial charge in [-0.3, -0.25) is 10.2 Å². The first-order chi connectivity index (χ1) is 15.1. The zero-order chi connectivity index (χ0) is 21.8. The van der Waals surface area contributed by atoms with Crippen molar-refractivity contribution in [3.8, 4) is 11.5 Å². The first kappa shape index (κ1) is 21.4. The molecule has 2 aromatic carbocycles. The summed E-state index contributed by atoms with van der Waals surface area (Å²) in [6.45, 7) is 3.44. The number of benzene rings is 2. The first-order valence-corrected chi connectivity index (χ1v) is 10.4. The van der Waals surface area contributed by atoms with E-state index in [-0.39, 0.29) is 30.9 Å². The Morgan fingerprint density at radius 1 is 1.16 bits per heavy atom. The molecule has 0 spiro atoms. The van der Waals surface area contributed by atoms with Crippen LogP contribution in [-0.4, -0.2) is 61.7 Å². The highest BCUT2D eigenvalue weighted by Gasteiger charge is 2.36. The number of hydrogen-bond acceptors (Lipinski definition) is 7. The Bertz CT molecular complexity index is 907. The Labute approximate surface area is 181 Å². The average molecular weight is 428 g/mol. The molecule has 0 aliphatic carbocycles. The lowest BCUT2D eigenvalue weighted by molar-refractivity contribution is -0.0173. The summed E-state index contributed by atoms with van der Waals surface area (Å²) >= 11 is 0. The van der Waals surface area contributed by atoms with E-state index in [9.17, 15) is 9.90 Å². The second-order valence-electron chi connectivity index (χ2n) is 7.73. The molecule has 8 nitrogen and oxygen atoms in total. The highest BCUT2D eigenvalue weighted by Crippen LogP contribution is 2.30. The summed E-state index contributed by atoms with van der Waals surface area (Å²) in [5, 5.41) is 13.1. The van der Waals surface area contributed by atoms with Crippen molar-refractivity contribution >= 4 is 6.09 Å². The third-order valence-electron chi connectivity index (χ3n) is 5.60. The van der Waals surface area contributed by atoms with Crippen molar-refractivity contribution in [1.29, 1.82) is 0 Å². The number of cyclic esters (lactones) is 1. The summed E-state index contributed by atoms with van der Waals surface area (Å²) in [7, 11) is 1.59. The number of carbonyl (C=O) groups is 1. The number of amides is 1. The van der Waals surface area contributed by atoms with Crippen LogP contribution in [0.25, 0.3) is 0 Å². The van der Waals surface area contributed by atoms with Gasteiger partial charge in [0, 0.05) is 12.1 Å². The number of nitrogens with one attached hydrogen (secondary N) is 1. The lowest BCUT2D eigenvalue weighted by Gasteiger charge is -2.30. The number of nitrogens with zero attached hydrogens (tertiary/aromatic N) is 1. The van der Waals surface area contributed by atoms with Crippen LogP contribution in [0.2, 0.25) is 0 Å². The van der Waals surface area contributed by atoms with Gasteiger partial charge in [0.05, 0.1) is 32.4 Å². The summed E-state index contributed by atoms with van der Waals surface area (Å²) in [6.07, 6.45) is -1.64. The number of fused-ring (bicyclic) bond motifs is 1. The molecule has 2 aliphatic heterocycles. The third kappa shape index (κ3) is 4.76. The number of ether oxygens (including phenoxy) is 4. The van der Waals surface area contributed by atoms with Crippen molar-refractivity contribution in [2.45, 2.75) is 31.4 Å². The van der Waals surface area contributed by atoms with E-state index in [1.54, 1.807) is 12.0 Å². The van der Waals surface area contributed by atoms with E-state index in [1.165, 1.54) is 0 Å². The maximum atomic E-state index is 12.4. The second kappa shape index (κ2) is 9.55. The summed E-state index contributed by atoms with van der Waals surface area (Å²) in [4.78, 5) is 14.0. The number of methoxy groups -OCH3 is 1. The number of aliphatic hydroxyl groups is 1. The Morgan fingerprint density at radius 2 is 1.87 bits per heavy atom. The molecule has 0 radical (unpaired) electrons. The molecule has 166 valence electrons. The van der Waals surface area contributed by atoms with Gasteiger partial charge in [-0.15, -0.1) is 0 Å². The highest BCUT2D eigenvalue weighted by atomic mass is 16.6. The smallest absolute Gasteiger partial charge is 0.410 e. The molecule has 2 unspecified atom stereocenters. The number of para-hydroxylation sites is 2. The lowest BCUT2D eigenvalue weighted by atomic mass is 9.97. The predicted octanol–water partition coefficient (Wildman–Crippen LogP) is 2.64. The van der Waals surface area contributed by atoms with Gasteiger partial charge in [-0.25, -0.2) is 4.79 Å². The van der Waals surface area contributed by atoms with Crippen molar-refractivity contribution in [1.82, 2.24) is 10.2 Å². The third-order valence-corrected chi connectivity index (χ3v) is 5.60. The van der Waals surface area contributed by atoms with E-state index in [2.05, 4.69) is 5.32 Å². The van der Waals surface area contributed by atoms with Gasteiger partial charge in [-0.05, 0) is 24.6 Å². The molecule has 4 atom stereocenters. The summed E-state index contributed by atoms with van der Waals surface area (Å²) < 4.78 is 22.7. The predicted molar refractivity (Wildman–Crippen MR) is 113 cm³/mol. The molecule has 0 bridgehead atoms. The maximum absolute atomic E-state index is 12.4. The monoisotopic (exact) mass is 428 g/mol. The van der Waals surface area contributed by atoms with Gasteiger partial charge in [0.2, 0.25) is 0 Å². The van der Waals surface area contributed by atoms with Gasteiger partial charge in [0.1, 0.15) is 18.9 Å². The van der Waals surface area contributed by atoms with Crippen molar-refractivity contribution < 1.29 is 28.8 Å². The fourth-order valence-corrected chi connectivity index (χ4v) is 3.89. The number of hydrogen-bond donors (Lipinski definition) is 2. The largest absolute Gasteiger partial charge is 0.493 e. The molecule has 2 aliphatic rings. The molecule has 0 saturated carbocycles. The van der Waals surface area contributed by atoms with Crippen LogP contribution in [0.3, 0.4) is 0 Å². The Kier molecular flexibility index (Phi) is 6.60. The zero-order valence-electron chi connectivity index (χ0n) is 17.7. The Morgan fingerprint density at radius 3 is 2.65 bits per heavy atom. The quantitative estimate of drug-likeness (QED) is 0.668. The molecule has 1 fully saturated rings. The second-order valence-corrected chi connectivity index (χ2v) is 7.73. The normalized spacial score (nSPS) is 23.8. The topological polar surface area (TPSA) is 89.5 Å². The van der Waals surface area contributed by atoms with Crippen LogP contribution in [0.5, 0.6) is 11.5 Å². The lowest BCUT2D eigenvalue weighted by Crippen LogP contribution is -2.39. The Hall–Kier alpha value is -2.81. The zero-order valence-corrected chi connectivity index (χ0v) is 17.7. The van der Waals surface area contributed by atoms with E-state index in [1.807, 2.05) is 55.5 Å². The van der Waals surface area contributed by atoms with Crippen LogP contribution in [0.4, 0.5) is 4.79 Å². The van der Waals surface area contributed by atoms with Gasteiger partial charge in [0.25, 0.3) is 0 Å². The molecule has 4 rings (SSSR count). The molecular weight excluding hydrogens is 400 g/mol. The fraction of sp³-hybridized carbons (Fsp3) is 0.435. The van der Waals surface area contributed by atoms with Crippen molar-refractivity contribution in [3.63, 3.8) is 0 Å². The van der Waals surface area contributed by atoms with Crippen molar-refractivity contribution in [2.24, 2.45) is 0 Å². The molecule has 2 aromatic rings. The van der Waals surface area contributed by atoms with Crippen LogP contribution in [0.1, 0.15) is 30.4 Å². The summed E-state index contributed by atoms with van der Waals surface area (Å²) in [5.74, 6) is 1.28. The van der Waals surface area contributed by atoms with Crippen molar-refractivity contribution in [2.75, 3.05) is 33.4 Å².